The van der Waals surface area contributed by atoms with Crippen LogP contribution in [0, 0.1) is 34.8 Å². The lowest BCUT2D eigenvalue weighted by Gasteiger charge is -2.30. The number of fused-ring (bicyclic) bond motifs is 4. The van der Waals surface area contributed by atoms with Gasteiger partial charge in [-0.3, -0.25) is 28.6 Å². The Labute approximate surface area is 481 Å². The molecular weight excluding hydrogens is 1250 g/mol. The number of nitrogens with zero attached hydrogens (tertiary/aromatic N) is 7. The predicted octanol–water partition coefficient (Wildman–Crippen LogP) is 7.15. The van der Waals surface area contributed by atoms with Gasteiger partial charge in [-0.2, -0.15) is 45.3 Å². The highest BCUT2D eigenvalue weighted by Gasteiger charge is 2.68. The van der Waals surface area contributed by atoms with Gasteiger partial charge in [0.2, 0.25) is 29.5 Å². The molecule has 3 amide bonds. The number of ether oxygens (including phenoxy) is 1. The molecule has 4 N–H and O–H groups in total. The van der Waals surface area contributed by atoms with Crippen LogP contribution in [0.15, 0.2) is 42.5 Å². The molecule has 0 radical (unpaired) electrons. The summed E-state index contributed by atoms with van der Waals surface area (Å²) in [4.78, 5) is 75.6. The zero-order valence-corrected chi connectivity index (χ0v) is 47.9. The van der Waals surface area contributed by atoms with E-state index in [1.807, 2.05) is 0 Å². The van der Waals surface area contributed by atoms with E-state index in [0.29, 0.717) is 15.6 Å². The third kappa shape index (κ3) is 15.0. The van der Waals surface area contributed by atoms with Crippen molar-refractivity contribution in [1.29, 1.82) is 0 Å². The normalized spacial score (nSPS) is 16.3. The third-order valence-electron chi connectivity index (χ3n) is 13.7. The third-order valence-corrected chi connectivity index (χ3v) is 17.1. The Morgan fingerprint density at radius 2 is 1.61 bits per heavy atom. The number of aliphatic carboxylic acids is 1. The van der Waals surface area contributed by atoms with Crippen LogP contribution in [0.1, 0.15) is 92.1 Å². The van der Waals surface area contributed by atoms with Crippen LogP contribution in [0.5, 0.6) is 0 Å². The minimum Gasteiger partial charge on any atom is -0.480 e. The van der Waals surface area contributed by atoms with Crippen molar-refractivity contribution >= 4 is 74.9 Å². The fourth-order valence-corrected chi connectivity index (χ4v) is 10.7. The second-order valence-electron chi connectivity index (χ2n) is 20.8. The van der Waals surface area contributed by atoms with E-state index < -0.39 is 207 Å². The smallest absolute Gasteiger partial charge is 0.472 e. The number of thiol groups is 1. The monoisotopic (exact) mass is 1290 g/mol. The number of sulfone groups is 1. The maximum absolute atomic E-state index is 15.7. The van der Waals surface area contributed by atoms with Gasteiger partial charge in [0.1, 0.15) is 47.4 Å². The Hall–Kier alpha value is -6.89. The van der Waals surface area contributed by atoms with Crippen LogP contribution in [-0.2, 0) is 87.1 Å². The quantitative estimate of drug-likeness (QED) is 0.0160. The molecule has 2 aliphatic carbocycles. The number of carbonyl (C=O) groups excluding carboxylic acids is 3. The molecule has 3 atom stereocenters. The van der Waals surface area contributed by atoms with Crippen molar-refractivity contribution in [3.8, 4) is 23.0 Å². The number of phosphoric ester groups is 1. The van der Waals surface area contributed by atoms with Crippen molar-refractivity contribution in [1.82, 2.24) is 39.1 Å². The number of alkyl halides is 8. The Kier molecular flexibility index (Phi) is 18.4. The number of carbonyl (C=O) groups is 4. The molecule has 0 aliphatic heterocycles. The summed E-state index contributed by atoms with van der Waals surface area (Å²) in [5, 5.41) is 18.3. The summed E-state index contributed by atoms with van der Waals surface area (Å²) in [7, 11) is -13.2. The minimum absolute atomic E-state index is 0.138. The van der Waals surface area contributed by atoms with Crippen LogP contribution >= 0.6 is 19.4 Å². The van der Waals surface area contributed by atoms with Gasteiger partial charge in [-0.25, -0.2) is 48.8 Å². The summed E-state index contributed by atoms with van der Waals surface area (Å²) < 4.78 is 218. The van der Waals surface area contributed by atoms with Crippen molar-refractivity contribution in [2.75, 3.05) is 26.1 Å². The molecule has 1 unspecified atom stereocenters. The largest absolute Gasteiger partial charge is 0.480 e. The molecule has 1 saturated carbocycles. The molecule has 462 valence electrons. The molecule has 3 heterocycles. The van der Waals surface area contributed by atoms with E-state index in [0.717, 1.165) is 56.5 Å². The minimum atomic E-state index is -5.26. The number of halogens is 11. The van der Waals surface area contributed by atoms with Crippen molar-refractivity contribution in [3.63, 3.8) is 0 Å². The number of pyridine rings is 1. The van der Waals surface area contributed by atoms with E-state index in [4.69, 9.17) is 21.4 Å². The van der Waals surface area contributed by atoms with E-state index in [1.54, 1.807) is 0 Å². The molecule has 36 heteroatoms. The molecular formula is C49H48ClF10N8O14PS2. The summed E-state index contributed by atoms with van der Waals surface area (Å²) >= 11 is 6.71. The van der Waals surface area contributed by atoms with Crippen LogP contribution in [0.25, 0.3) is 22.0 Å². The zero-order chi connectivity index (χ0) is 63.5. The number of hydrogen-bond acceptors (Lipinski definition) is 14. The van der Waals surface area contributed by atoms with Gasteiger partial charge in [0.05, 0.1) is 34.5 Å². The fourth-order valence-electron chi connectivity index (χ4n) is 9.31. The van der Waals surface area contributed by atoms with E-state index in [2.05, 4.69) is 41.6 Å². The number of amides is 3. The molecule has 2 aromatic carbocycles. The second kappa shape index (κ2) is 23.8. The predicted molar refractivity (Wildman–Crippen MR) is 276 cm³/mol. The van der Waals surface area contributed by atoms with Gasteiger partial charge in [0, 0.05) is 52.3 Å². The lowest BCUT2D eigenvalue weighted by molar-refractivity contribution is -0.143. The highest BCUT2D eigenvalue weighted by molar-refractivity contribution is 7.92. The van der Waals surface area contributed by atoms with Crippen LogP contribution in [-0.4, -0.2) is 126 Å². The van der Waals surface area contributed by atoms with Crippen LogP contribution in [0.4, 0.5) is 48.7 Å². The summed E-state index contributed by atoms with van der Waals surface area (Å²) in [6.07, 6.45) is -12.8. The zero-order valence-electron chi connectivity index (χ0n) is 44.6. The first kappa shape index (κ1) is 65.6. The van der Waals surface area contributed by atoms with Gasteiger partial charge >= 0.3 is 32.2 Å². The van der Waals surface area contributed by atoms with E-state index >= 15 is 8.78 Å². The van der Waals surface area contributed by atoms with Crippen molar-refractivity contribution in [2.24, 2.45) is 11.3 Å². The first-order chi connectivity index (χ1) is 39.0. The molecule has 0 bridgehead atoms. The maximum Gasteiger partial charge on any atom is 0.472 e. The van der Waals surface area contributed by atoms with Gasteiger partial charge in [-0.05, 0) is 80.8 Å². The second-order valence-corrected chi connectivity index (χ2v) is 26.0. The lowest BCUT2D eigenvalue weighted by Crippen LogP contribution is -2.43. The standard InChI is InChI=1S/C49H48ClF10N8O14PS2/c1-45(2,12-13-65(21-36(70)71)44(73)81-23-82-83(74,75)76)43(72)68(84(77)78)19-34-38-32(50)9-8-29(40(38)67(63-34)22-47(53,54)55)28-7-6-27(10-11-46(3,4)85(5,79)80)61-39(28)33(16-24-14-25(51)17-26(52)15-24)62-35(69)20-66-42-37(41(64-66)49(58,59)60)30-18-31(30)48(42,56)57/h6-9,14-15,17,30-31,33,84H,12-13,16,18-23H2,1-5H3,(H,62,69)(H,70,71)(H2,74,75,76)/t30-,31+,33?/m0/s1. The van der Waals surface area contributed by atoms with Gasteiger partial charge < -0.3 is 24.9 Å². The van der Waals surface area contributed by atoms with Crippen LogP contribution in [0.2, 0.25) is 5.02 Å². The summed E-state index contributed by atoms with van der Waals surface area (Å²) in [6.45, 7) is -3.06. The van der Waals surface area contributed by atoms with E-state index in [9.17, 15) is 80.8 Å². The Morgan fingerprint density at radius 1 is 0.976 bits per heavy atom. The number of phosphoric acid groups is 1. The SMILES string of the molecule is CC(C)(CCN(CC(=O)O)C(=O)OCOP(=O)(O)O)C(=O)N(Cc1nn(CC(F)(F)F)c2c(-c3ccc(C#CC(C)(C)S(C)(=O)=O)nc3C(Cc3cc(F)cc(F)c3)NC(=O)Cn3nc(C(F)(F)F)c4c3C(F)(F)[C@@H]3C[C@H]43)ccc(Cl)c12)[SH](=O)=O. The number of rotatable bonds is 21. The Bertz CT molecular complexity index is 3810. The highest BCUT2D eigenvalue weighted by Crippen LogP contribution is 2.68. The molecule has 2 aliphatic rings. The molecule has 5 aromatic rings. The molecule has 85 heavy (non-hydrogen) atoms. The Morgan fingerprint density at radius 3 is 2.19 bits per heavy atom. The van der Waals surface area contributed by atoms with E-state index in [-0.39, 0.29) is 37.8 Å². The topological polar surface area (TPSA) is 300 Å². The molecule has 22 nitrogen and oxygen atoms in total. The number of carboxylic acid groups (broad SMARTS) is 1. The summed E-state index contributed by atoms with van der Waals surface area (Å²) in [5.74, 6) is -8.31. The number of carboxylic acids is 1. The van der Waals surface area contributed by atoms with E-state index in [1.165, 1.54) is 13.8 Å². The van der Waals surface area contributed by atoms with Crippen LogP contribution in [0.3, 0.4) is 0 Å². The molecule has 1 fully saturated rings. The molecule has 0 spiro atoms. The molecule has 3 aromatic heterocycles. The van der Waals surface area contributed by atoms with Crippen LogP contribution < -0.4 is 5.32 Å². The lowest BCUT2D eigenvalue weighted by atomic mass is 9.88. The number of hydrogen-bond donors (Lipinski definition) is 5. The first-order valence-electron chi connectivity index (χ1n) is 24.6. The number of benzene rings is 2. The van der Waals surface area contributed by atoms with Gasteiger partial charge in [0.15, 0.2) is 15.5 Å². The van der Waals surface area contributed by atoms with Gasteiger partial charge in [0.25, 0.3) is 5.92 Å². The average Bonchev–Trinajstić information content (AvgIpc) is 1.53. The molecule has 0 saturated heterocycles. The average molecular weight is 1290 g/mol. The Balaban J connectivity index is 1.38. The first-order valence-corrected chi connectivity index (χ1v) is 29.5. The fraction of sp³-hybridized carbons (Fsp3) is 0.449. The van der Waals surface area contributed by atoms with Crippen molar-refractivity contribution < 1.29 is 109 Å². The summed E-state index contributed by atoms with van der Waals surface area (Å²) in [5.41, 5.74) is -8.70. The number of aromatic nitrogens is 5. The molecule has 7 rings (SSSR count). The highest BCUT2D eigenvalue weighted by atomic mass is 35.5. The number of nitrogens with one attached hydrogen (secondary N) is 1. The van der Waals surface area contributed by atoms with Gasteiger partial charge in [-0.15, -0.1) is 0 Å². The van der Waals surface area contributed by atoms with Gasteiger partial charge in [-0.1, -0.05) is 37.4 Å². The van der Waals surface area contributed by atoms with Crippen molar-refractivity contribution in [2.45, 2.75) is 102 Å². The summed E-state index contributed by atoms with van der Waals surface area (Å²) in [6, 6.07) is 4.57. The van der Waals surface area contributed by atoms with Crippen molar-refractivity contribution in [3.05, 3.63) is 98.7 Å². The maximum atomic E-state index is 15.7.